The molecule has 0 radical (unpaired) electrons. The van der Waals surface area contributed by atoms with E-state index in [0.29, 0.717) is 10.7 Å². The summed E-state index contributed by atoms with van der Waals surface area (Å²) in [6.45, 7) is 0. The van der Waals surface area contributed by atoms with Crippen LogP contribution in [0, 0.1) is 10.1 Å². The van der Waals surface area contributed by atoms with Crippen LogP contribution in [-0.2, 0) is 20.0 Å². The Balaban J connectivity index is 1.76. The minimum absolute atomic E-state index is 0.0734. The molecule has 0 aliphatic heterocycles. The zero-order valence-corrected chi connectivity index (χ0v) is 17.4. The van der Waals surface area contributed by atoms with Gasteiger partial charge in [-0.1, -0.05) is 11.6 Å². The number of hydrogen-bond donors (Lipinski definition) is 2. The largest absolute Gasteiger partial charge is 0.280 e. The molecule has 0 aliphatic carbocycles. The van der Waals surface area contributed by atoms with Crippen molar-refractivity contribution in [2.24, 2.45) is 0 Å². The second kappa shape index (κ2) is 8.30. The molecule has 0 amide bonds. The van der Waals surface area contributed by atoms with Gasteiger partial charge in [0.2, 0.25) is 0 Å². The molecule has 0 heterocycles. The van der Waals surface area contributed by atoms with E-state index in [9.17, 15) is 26.9 Å². The highest BCUT2D eigenvalue weighted by Crippen LogP contribution is 2.22. The van der Waals surface area contributed by atoms with Gasteiger partial charge in [-0.2, -0.15) is 0 Å². The predicted molar refractivity (Wildman–Crippen MR) is 113 cm³/mol. The van der Waals surface area contributed by atoms with Crippen LogP contribution in [0.4, 0.5) is 17.1 Å². The molecule has 0 fully saturated rings. The van der Waals surface area contributed by atoms with Crippen molar-refractivity contribution in [3.05, 3.63) is 87.9 Å². The van der Waals surface area contributed by atoms with Crippen molar-refractivity contribution in [3.8, 4) is 0 Å². The molecule has 9 nitrogen and oxygen atoms in total. The number of nitrogens with zero attached hydrogens (tertiary/aromatic N) is 1. The lowest BCUT2D eigenvalue weighted by atomic mass is 10.3. The highest BCUT2D eigenvalue weighted by Gasteiger charge is 2.18. The molecule has 0 spiro atoms. The van der Waals surface area contributed by atoms with Gasteiger partial charge in [0.1, 0.15) is 0 Å². The molecule has 3 aromatic carbocycles. The SMILES string of the molecule is O=[N+]([O-])c1ccc(S(=O)(=O)Nc2ccc(S(=O)(=O)Nc3ccc(Cl)cc3)cc2)cc1. The second-order valence-electron chi connectivity index (χ2n) is 5.99. The number of anilines is 2. The van der Waals surface area contributed by atoms with Gasteiger partial charge in [0.25, 0.3) is 25.7 Å². The van der Waals surface area contributed by atoms with Crippen LogP contribution < -0.4 is 9.44 Å². The van der Waals surface area contributed by atoms with Crippen LogP contribution in [0.15, 0.2) is 82.6 Å². The first-order valence-electron chi connectivity index (χ1n) is 8.23. The molecule has 0 bridgehead atoms. The molecular weight excluding hydrogens is 454 g/mol. The highest BCUT2D eigenvalue weighted by molar-refractivity contribution is 7.93. The van der Waals surface area contributed by atoms with Gasteiger partial charge in [-0.3, -0.25) is 19.6 Å². The summed E-state index contributed by atoms with van der Waals surface area (Å²) in [5, 5.41) is 11.1. The number of nitro groups is 1. The van der Waals surface area contributed by atoms with E-state index in [1.165, 1.54) is 48.5 Å². The minimum atomic E-state index is -4.01. The molecule has 0 saturated carbocycles. The van der Waals surface area contributed by atoms with E-state index in [1.807, 2.05) is 0 Å². The predicted octanol–water partition coefficient (Wildman–Crippen LogP) is 3.85. The third-order valence-electron chi connectivity index (χ3n) is 3.87. The average Bonchev–Trinajstić information content (AvgIpc) is 2.70. The molecule has 0 aliphatic rings. The van der Waals surface area contributed by atoms with Crippen LogP contribution >= 0.6 is 11.6 Å². The Bertz CT molecular complexity index is 1280. The first-order chi connectivity index (χ1) is 14.1. The Kier molecular flexibility index (Phi) is 5.97. The van der Waals surface area contributed by atoms with Crippen molar-refractivity contribution in [1.29, 1.82) is 0 Å². The number of halogens is 1. The molecule has 0 saturated heterocycles. The van der Waals surface area contributed by atoms with Gasteiger partial charge in [-0.15, -0.1) is 0 Å². The monoisotopic (exact) mass is 467 g/mol. The maximum atomic E-state index is 12.5. The molecular formula is C18H14ClN3O6S2. The van der Waals surface area contributed by atoms with E-state index >= 15 is 0 Å². The molecule has 3 aromatic rings. The summed E-state index contributed by atoms with van der Waals surface area (Å²) in [5.74, 6) is 0. The molecule has 0 aromatic heterocycles. The van der Waals surface area contributed by atoms with E-state index in [0.717, 1.165) is 24.3 Å². The topological polar surface area (TPSA) is 135 Å². The molecule has 12 heteroatoms. The summed E-state index contributed by atoms with van der Waals surface area (Å²) in [5.41, 5.74) is 0.206. The molecule has 156 valence electrons. The Labute approximate surface area is 177 Å². The summed E-state index contributed by atoms with van der Waals surface area (Å²) in [6.07, 6.45) is 0. The van der Waals surface area contributed by atoms with Crippen LogP contribution in [0.2, 0.25) is 5.02 Å². The van der Waals surface area contributed by atoms with Gasteiger partial charge < -0.3 is 0 Å². The number of nitrogens with one attached hydrogen (secondary N) is 2. The normalized spacial score (nSPS) is 11.6. The van der Waals surface area contributed by atoms with Crippen molar-refractivity contribution in [2.45, 2.75) is 9.79 Å². The molecule has 3 rings (SSSR count). The standard InChI is InChI=1S/C18H14ClN3O6S2/c19-13-1-3-14(4-2-13)20-29(25,26)17-9-5-15(6-10-17)21-30(27,28)18-11-7-16(8-12-18)22(23)24/h1-12,20-21H. The fraction of sp³-hybridized carbons (Fsp3) is 0. The molecule has 0 unspecified atom stereocenters. The lowest BCUT2D eigenvalue weighted by Gasteiger charge is -2.10. The summed E-state index contributed by atoms with van der Waals surface area (Å²) < 4.78 is 54.4. The Morgan fingerprint density at radius 3 is 1.43 bits per heavy atom. The summed E-state index contributed by atoms with van der Waals surface area (Å²) >= 11 is 5.77. The van der Waals surface area contributed by atoms with Crippen LogP contribution in [-0.4, -0.2) is 21.8 Å². The van der Waals surface area contributed by atoms with Gasteiger partial charge in [0.15, 0.2) is 0 Å². The van der Waals surface area contributed by atoms with E-state index in [4.69, 9.17) is 11.6 Å². The van der Waals surface area contributed by atoms with Gasteiger partial charge in [0, 0.05) is 28.5 Å². The number of rotatable bonds is 7. The third kappa shape index (κ3) is 5.06. The zero-order chi connectivity index (χ0) is 21.9. The van der Waals surface area contributed by atoms with E-state index in [1.54, 1.807) is 0 Å². The number of nitro benzene ring substituents is 1. The Hall–Kier alpha value is -3.15. The molecule has 2 N–H and O–H groups in total. The van der Waals surface area contributed by atoms with Crippen molar-refractivity contribution in [1.82, 2.24) is 0 Å². The second-order valence-corrected chi connectivity index (χ2v) is 9.79. The van der Waals surface area contributed by atoms with Crippen molar-refractivity contribution < 1.29 is 21.8 Å². The smallest absolute Gasteiger partial charge is 0.269 e. The van der Waals surface area contributed by atoms with Gasteiger partial charge in [-0.25, -0.2) is 16.8 Å². The maximum absolute atomic E-state index is 12.5. The summed E-state index contributed by atoms with van der Waals surface area (Å²) in [7, 11) is -7.89. The first-order valence-corrected chi connectivity index (χ1v) is 11.6. The van der Waals surface area contributed by atoms with Gasteiger partial charge >= 0.3 is 0 Å². The number of hydrogen-bond acceptors (Lipinski definition) is 6. The first kappa shape index (κ1) is 21.6. The van der Waals surface area contributed by atoms with Gasteiger partial charge in [-0.05, 0) is 60.7 Å². The zero-order valence-electron chi connectivity index (χ0n) is 15.0. The average molecular weight is 468 g/mol. The van der Waals surface area contributed by atoms with E-state index in [2.05, 4.69) is 9.44 Å². The van der Waals surface area contributed by atoms with Gasteiger partial charge in [0.05, 0.1) is 14.7 Å². The number of sulfonamides is 2. The summed E-state index contributed by atoms with van der Waals surface area (Å²) in [4.78, 5) is 9.79. The number of benzene rings is 3. The van der Waals surface area contributed by atoms with E-state index < -0.39 is 25.0 Å². The van der Waals surface area contributed by atoms with E-state index in [-0.39, 0.29) is 21.2 Å². The van der Waals surface area contributed by atoms with Crippen molar-refractivity contribution in [3.63, 3.8) is 0 Å². The fourth-order valence-electron chi connectivity index (χ4n) is 2.40. The maximum Gasteiger partial charge on any atom is 0.269 e. The highest BCUT2D eigenvalue weighted by atomic mass is 35.5. The quantitative estimate of drug-likeness (QED) is 0.400. The minimum Gasteiger partial charge on any atom is -0.280 e. The van der Waals surface area contributed by atoms with Crippen molar-refractivity contribution >= 4 is 48.7 Å². The van der Waals surface area contributed by atoms with Crippen LogP contribution in [0.1, 0.15) is 0 Å². The van der Waals surface area contributed by atoms with Crippen LogP contribution in [0.5, 0.6) is 0 Å². The lowest BCUT2D eigenvalue weighted by Crippen LogP contribution is -2.14. The summed E-state index contributed by atoms with van der Waals surface area (Å²) in [6, 6.07) is 15.5. The molecule has 30 heavy (non-hydrogen) atoms. The lowest BCUT2D eigenvalue weighted by molar-refractivity contribution is -0.384. The van der Waals surface area contributed by atoms with Crippen LogP contribution in [0.25, 0.3) is 0 Å². The Morgan fingerprint density at radius 2 is 1.03 bits per heavy atom. The molecule has 0 atom stereocenters. The number of non-ortho nitro benzene ring substituents is 1. The van der Waals surface area contributed by atoms with Crippen molar-refractivity contribution in [2.75, 3.05) is 9.44 Å². The Morgan fingerprint density at radius 1 is 0.667 bits per heavy atom. The third-order valence-corrected chi connectivity index (χ3v) is 6.92. The fourth-order valence-corrected chi connectivity index (χ4v) is 4.64. The van der Waals surface area contributed by atoms with Crippen LogP contribution in [0.3, 0.4) is 0 Å².